The maximum Gasteiger partial charge on any atom is 0.307 e. The van der Waals surface area contributed by atoms with E-state index in [1.807, 2.05) is 42.5 Å². The number of carbonyl (C=O) groups is 1. The second-order valence-corrected chi connectivity index (χ2v) is 10.0. The van der Waals surface area contributed by atoms with Crippen molar-refractivity contribution in [1.82, 2.24) is 4.98 Å². The average molecular weight is 523 g/mol. The summed E-state index contributed by atoms with van der Waals surface area (Å²) in [4.78, 5) is 19.1. The number of fused-ring (bicyclic) bond motifs is 1. The number of nitrogens with zero attached hydrogens (tertiary/aromatic N) is 4. The van der Waals surface area contributed by atoms with Gasteiger partial charge in [0.2, 0.25) is 0 Å². The maximum absolute atomic E-state index is 13.5. The number of halogens is 1. The van der Waals surface area contributed by atoms with E-state index in [0.717, 1.165) is 29.5 Å². The smallest absolute Gasteiger partial charge is 0.307 e. The Balaban J connectivity index is 1.55. The summed E-state index contributed by atoms with van der Waals surface area (Å²) in [5.74, 6) is -0.226. The third kappa shape index (κ3) is 5.47. The van der Waals surface area contributed by atoms with E-state index in [0.29, 0.717) is 33.8 Å². The standard InChI is InChI=1S/C31H27FN4O3/c1-20-16-31(17-20,23-5-3-2-4-6-23)28-15-26(10-11-27(28)22(14-30(37)38)18-34-36-33)39-19-25-9-7-21-13-24(32)8-12-29(21)35-25/h2-13,15,18,20H,14,16-17,19H2,1H3,(H,37,38)/b22-18-. The van der Waals surface area contributed by atoms with Gasteiger partial charge in [-0.1, -0.05) is 54.5 Å². The highest BCUT2D eigenvalue weighted by atomic mass is 19.1. The summed E-state index contributed by atoms with van der Waals surface area (Å²) in [6.07, 6.45) is 2.78. The van der Waals surface area contributed by atoms with Crippen LogP contribution in [0.25, 0.3) is 26.9 Å². The molecule has 8 heteroatoms. The number of azide groups is 1. The van der Waals surface area contributed by atoms with Gasteiger partial charge in [-0.2, -0.15) is 0 Å². The summed E-state index contributed by atoms with van der Waals surface area (Å²) in [5, 5.41) is 13.9. The maximum atomic E-state index is 13.5. The number of aromatic nitrogens is 1. The molecule has 3 aromatic carbocycles. The van der Waals surface area contributed by atoms with Gasteiger partial charge in [-0.25, -0.2) is 9.37 Å². The van der Waals surface area contributed by atoms with Crippen LogP contribution in [0, 0.1) is 11.7 Å². The van der Waals surface area contributed by atoms with Crippen LogP contribution in [0.1, 0.15) is 48.6 Å². The fraction of sp³-hybridized carbons (Fsp3) is 0.226. The Morgan fingerprint density at radius 2 is 1.95 bits per heavy atom. The molecule has 1 N–H and O–H groups in total. The molecule has 39 heavy (non-hydrogen) atoms. The van der Waals surface area contributed by atoms with Gasteiger partial charge in [0.15, 0.2) is 0 Å². The monoisotopic (exact) mass is 522 g/mol. The zero-order valence-electron chi connectivity index (χ0n) is 21.4. The van der Waals surface area contributed by atoms with Gasteiger partial charge in [-0.3, -0.25) is 4.79 Å². The van der Waals surface area contributed by atoms with Crippen LogP contribution in [0.15, 0.2) is 90.2 Å². The van der Waals surface area contributed by atoms with Crippen LogP contribution in [-0.4, -0.2) is 16.1 Å². The molecule has 0 bridgehead atoms. The van der Waals surface area contributed by atoms with Gasteiger partial charge in [0.05, 0.1) is 17.6 Å². The Morgan fingerprint density at radius 3 is 2.67 bits per heavy atom. The Kier molecular flexibility index (Phi) is 7.30. The van der Waals surface area contributed by atoms with Crippen molar-refractivity contribution in [1.29, 1.82) is 0 Å². The minimum absolute atomic E-state index is 0.206. The molecule has 196 valence electrons. The van der Waals surface area contributed by atoms with Gasteiger partial charge >= 0.3 is 5.97 Å². The zero-order chi connectivity index (χ0) is 27.4. The molecule has 0 amide bonds. The van der Waals surface area contributed by atoms with Crippen LogP contribution in [0.3, 0.4) is 0 Å². The topological polar surface area (TPSA) is 108 Å². The highest BCUT2D eigenvalue weighted by Gasteiger charge is 2.46. The van der Waals surface area contributed by atoms with Crippen LogP contribution in [0.2, 0.25) is 0 Å². The first kappa shape index (κ1) is 25.9. The number of hydrogen-bond donors (Lipinski definition) is 1. The second-order valence-electron chi connectivity index (χ2n) is 10.0. The molecule has 0 spiro atoms. The number of pyridine rings is 1. The van der Waals surface area contributed by atoms with Crippen molar-refractivity contribution < 1.29 is 19.0 Å². The SMILES string of the molecule is CC1CC(c2ccccc2)(c2cc(OCc3ccc4cc(F)ccc4n3)ccc2/C(=C\N=[N+]=[N-])CC(=O)O)C1. The fourth-order valence-corrected chi connectivity index (χ4v) is 5.63. The minimum Gasteiger partial charge on any atom is -0.487 e. The molecular weight excluding hydrogens is 495 g/mol. The van der Waals surface area contributed by atoms with Crippen molar-refractivity contribution in [2.75, 3.05) is 0 Å². The first-order valence-electron chi connectivity index (χ1n) is 12.7. The summed E-state index contributed by atoms with van der Waals surface area (Å²) in [6.45, 7) is 2.41. The number of carboxylic acids is 1. The number of aliphatic carboxylic acids is 1. The largest absolute Gasteiger partial charge is 0.487 e. The first-order valence-corrected chi connectivity index (χ1v) is 12.7. The molecular formula is C31H27FN4O3. The average Bonchev–Trinajstić information content (AvgIpc) is 2.92. The molecule has 0 atom stereocenters. The fourth-order valence-electron chi connectivity index (χ4n) is 5.63. The van der Waals surface area contributed by atoms with E-state index >= 15 is 0 Å². The molecule has 0 saturated heterocycles. The molecule has 1 aliphatic rings. The number of ether oxygens (including phenoxy) is 1. The van der Waals surface area contributed by atoms with E-state index in [9.17, 15) is 14.3 Å². The van der Waals surface area contributed by atoms with Gasteiger partial charge in [0.1, 0.15) is 18.2 Å². The van der Waals surface area contributed by atoms with E-state index in [4.69, 9.17) is 10.3 Å². The van der Waals surface area contributed by atoms with Crippen LogP contribution in [0.5, 0.6) is 5.75 Å². The molecule has 0 unspecified atom stereocenters. The normalized spacial score (nSPS) is 18.7. The minimum atomic E-state index is -1.02. The van der Waals surface area contributed by atoms with Gasteiger partial charge in [-0.05, 0) is 83.0 Å². The molecule has 4 aromatic rings. The lowest BCUT2D eigenvalue weighted by Gasteiger charge is -2.49. The van der Waals surface area contributed by atoms with Crippen molar-refractivity contribution in [3.05, 3.63) is 124 Å². The number of benzene rings is 3. The van der Waals surface area contributed by atoms with Gasteiger partial charge in [0, 0.05) is 21.9 Å². The zero-order valence-corrected chi connectivity index (χ0v) is 21.4. The van der Waals surface area contributed by atoms with E-state index in [1.54, 1.807) is 12.1 Å². The predicted octanol–water partition coefficient (Wildman–Crippen LogP) is 7.79. The third-order valence-corrected chi connectivity index (χ3v) is 7.28. The van der Waals surface area contributed by atoms with Crippen LogP contribution in [-0.2, 0) is 16.8 Å². The molecule has 1 fully saturated rings. The Labute approximate surface area is 225 Å². The quantitative estimate of drug-likeness (QED) is 0.137. The highest BCUT2D eigenvalue weighted by molar-refractivity contribution is 5.85. The summed E-state index contributed by atoms with van der Waals surface area (Å²) < 4.78 is 19.7. The first-order chi connectivity index (χ1) is 18.9. The molecule has 1 saturated carbocycles. The number of hydrogen-bond acceptors (Lipinski definition) is 4. The second kappa shape index (κ2) is 11.0. The molecule has 1 aliphatic carbocycles. The van der Waals surface area contributed by atoms with Crippen molar-refractivity contribution in [2.24, 2.45) is 11.0 Å². The molecule has 1 aromatic heterocycles. The van der Waals surface area contributed by atoms with Crippen LogP contribution >= 0.6 is 0 Å². The predicted molar refractivity (Wildman–Crippen MR) is 147 cm³/mol. The van der Waals surface area contributed by atoms with Gasteiger partial charge in [0.25, 0.3) is 0 Å². The van der Waals surface area contributed by atoms with Crippen molar-refractivity contribution in [3.8, 4) is 5.75 Å². The van der Waals surface area contributed by atoms with Gasteiger partial charge in [-0.15, -0.1) is 0 Å². The van der Waals surface area contributed by atoms with E-state index in [1.165, 1.54) is 18.3 Å². The molecule has 0 radical (unpaired) electrons. The summed E-state index contributed by atoms with van der Waals surface area (Å²) >= 11 is 0. The molecule has 0 aliphatic heterocycles. The summed E-state index contributed by atoms with van der Waals surface area (Å²) in [5.41, 5.74) is 13.2. The molecule has 1 heterocycles. The summed E-state index contributed by atoms with van der Waals surface area (Å²) in [6, 6.07) is 23.9. The van der Waals surface area contributed by atoms with Crippen LogP contribution in [0.4, 0.5) is 4.39 Å². The van der Waals surface area contributed by atoms with E-state index in [-0.39, 0.29) is 24.3 Å². The molecule has 5 rings (SSSR count). The van der Waals surface area contributed by atoms with Gasteiger partial charge < -0.3 is 9.84 Å². The lowest BCUT2D eigenvalue weighted by atomic mass is 9.55. The van der Waals surface area contributed by atoms with Crippen molar-refractivity contribution >= 4 is 22.4 Å². The van der Waals surface area contributed by atoms with Crippen molar-refractivity contribution in [2.45, 2.75) is 38.2 Å². The highest BCUT2D eigenvalue weighted by Crippen LogP contribution is 2.54. The summed E-state index contributed by atoms with van der Waals surface area (Å²) in [7, 11) is 0. The Bertz CT molecular complexity index is 1610. The van der Waals surface area contributed by atoms with Crippen molar-refractivity contribution in [3.63, 3.8) is 0 Å². The number of carboxylic acid groups (broad SMARTS) is 1. The third-order valence-electron chi connectivity index (χ3n) is 7.28. The van der Waals surface area contributed by atoms with E-state index in [2.05, 4.69) is 34.1 Å². The number of rotatable bonds is 9. The van der Waals surface area contributed by atoms with E-state index < -0.39 is 5.97 Å². The lowest BCUT2D eigenvalue weighted by molar-refractivity contribution is -0.135. The Hall–Kier alpha value is -4.68. The van der Waals surface area contributed by atoms with Crippen LogP contribution < -0.4 is 4.74 Å². The lowest BCUT2D eigenvalue weighted by Crippen LogP contribution is -2.41. The molecule has 7 nitrogen and oxygen atoms in total. The Morgan fingerprint density at radius 1 is 1.15 bits per heavy atom.